The van der Waals surface area contributed by atoms with E-state index >= 15 is 0 Å². The van der Waals surface area contributed by atoms with Gasteiger partial charge in [-0.25, -0.2) is 4.68 Å². The molecule has 2 aliphatic heterocycles. The van der Waals surface area contributed by atoms with Crippen LogP contribution in [-0.4, -0.2) is 57.3 Å². The number of hydrogen-bond acceptors (Lipinski definition) is 6. The summed E-state index contributed by atoms with van der Waals surface area (Å²) in [5.41, 5.74) is 1.49. The Bertz CT molecular complexity index is 704. The first-order chi connectivity index (χ1) is 11.2. The van der Waals surface area contributed by atoms with Crippen LogP contribution in [0.1, 0.15) is 13.0 Å². The molecule has 4 rings (SSSR count). The molecule has 0 saturated carbocycles. The second-order valence-corrected chi connectivity index (χ2v) is 5.77. The van der Waals surface area contributed by atoms with Gasteiger partial charge in [0.1, 0.15) is 23.9 Å². The van der Waals surface area contributed by atoms with E-state index < -0.39 is 0 Å². The van der Waals surface area contributed by atoms with Gasteiger partial charge in [-0.15, -0.1) is 5.10 Å². The molecule has 1 N–H and O–H groups in total. The number of ether oxygens (including phenoxy) is 2. The third-order valence-electron chi connectivity index (χ3n) is 4.19. The molecule has 8 heteroatoms. The first-order valence-electron chi connectivity index (χ1n) is 7.56. The molecule has 2 aromatic heterocycles. The standard InChI is InChI=1S/C15H17N5O3/c1-9(21)17-12-7-22-15-13(8-23-14(12)15)20-6-11(18-19-20)10-4-2-3-5-16-10/h2-6,12-15H,7-8H2,1H3,(H,17,21). The highest BCUT2D eigenvalue weighted by Gasteiger charge is 2.49. The predicted octanol–water partition coefficient (Wildman–Crippen LogP) is 0.183. The lowest BCUT2D eigenvalue weighted by Gasteiger charge is -2.16. The van der Waals surface area contributed by atoms with E-state index in [-0.39, 0.29) is 30.2 Å². The quantitative estimate of drug-likeness (QED) is 0.869. The molecule has 4 heterocycles. The number of fused-ring (bicyclic) bond motifs is 1. The fourth-order valence-corrected chi connectivity index (χ4v) is 3.16. The van der Waals surface area contributed by atoms with Crippen LogP contribution in [0.15, 0.2) is 30.6 Å². The van der Waals surface area contributed by atoms with Crippen molar-refractivity contribution in [2.24, 2.45) is 0 Å². The van der Waals surface area contributed by atoms with E-state index in [0.29, 0.717) is 18.9 Å². The number of aromatic nitrogens is 4. The molecule has 2 aromatic rings. The summed E-state index contributed by atoms with van der Waals surface area (Å²) in [6.45, 7) is 2.43. The van der Waals surface area contributed by atoms with E-state index in [0.717, 1.165) is 5.69 Å². The van der Waals surface area contributed by atoms with Crippen molar-refractivity contribution in [2.75, 3.05) is 13.2 Å². The largest absolute Gasteiger partial charge is 0.371 e. The van der Waals surface area contributed by atoms with E-state index in [9.17, 15) is 4.79 Å². The first kappa shape index (κ1) is 14.3. The summed E-state index contributed by atoms with van der Waals surface area (Å²) < 4.78 is 13.4. The van der Waals surface area contributed by atoms with Crippen LogP contribution in [0.4, 0.5) is 0 Å². The molecule has 23 heavy (non-hydrogen) atoms. The SMILES string of the molecule is CC(=O)NC1COC2C1OCC2n1cc(-c2ccccn2)nn1. The highest BCUT2D eigenvalue weighted by molar-refractivity contribution is 5.73. The normalized spacial score (nSPS) is 29.4. The van der Waals surface area contributed by atoms with Gasteiger partial charge in [0, 0.05) is 13.1 Å². The Labute approximate surface area is 132 Å². The summed E-state index contributed by atoms with van der Waals surface area (Å²) in [7, 11) is 0. The van der Waals surface area contributed by atoms with Crippen molar-refractivity contribution in [3.63, 3.8) is 0 Å². The van der Waals surface area contributed by atoms with Gasteiger partial charge in [-0.3, -0.25) is 9.78 Å². The van der Waals surface area contributed by atoms with E-state index in [1.165, 1.54) is 6.92 Å². The molecule has 0 spiro atoms. The molecule has 0 radical (unpaired) electrons. The minimum Gasteiger partial charge on any atom is -0.371 e. The van der Waals surface area contributed by atoms with Crippen molar-refractivity contribution in [1.29, 1.82) is 0 Å². The fourth-order valence-electron chi connectivity index (χ4n) is 3.16. The van der Waals surface area contributed by atoms with E-state index in [2.05, 4.69) is 20.6 Å². The van der Waals surface area contributed by atoms with Gasteiger partial charge >= 0.3 is 0 Å². The van der Waals surface area contributed by atoms with Crippen LogP contribution in [-0.2, 0) is 14.3 Å². The average Bonchev–Trinajstić information content (AvgIpc) is 3.25. The number of rotatable bonds is 3. The van der Waals surface area contributed by atoms with E-state index in [1.54, 1.807) is 10.9 Å². The van der Waals surface area contributed by atoms with Crippen LogP contribution in [0.2, 0.25) is 0 Å². The summed E-state index contributed by atoms with van der Waals surface area (Å²) in [6, 6.07) is 5.50. The van der Waals surface area contributed by atoms with E-state index in [4.69, 9.17) is 9.47 Å². The summed E-state index contributed by atoms with van der Waals surface area (Å²) in [5.74, 6) is -0.0792. The Balaban J connectivity index is 1.52. The van der Waals surface area contributed by atoms with Crippen LogP contribution >= 0.6 is 0 Å². The second-order valence-electron chi connectivity index (χ2n) is 5.77. The number of nitrogens with zero attached hydrogens (tertiary/aromatic N) is 4. The molecule has 0 aromatic carbocycles. The van der Waals surface area contributed by atoms with Gasteiger partial charge in [-0.2, -0.15) is 0 Å². The number of carbonyl (C=O) groups is 1. The molecule has 0 bridgehead atoms. The van der Waals surface area contributed by atoms with Crippen molar-refractivity contribution in [1.82, 2.24) is 25.3 Å². The van der Waals surface area contributed by atoms with Crippen LogP contribution in [0, 0.1) is 0 Å². The molecule has 4 unspecified atom stereocenters. The molecular weight excluding hydrogens is 298 g/mol. The van der Waals surface area contributed by atoms with Crippen molar-refractivity contribution in [3.05, 3.63) is 30.6 Å². The van der Waals surface area contributed by atoms with Crippen molar-refractivity contribution >= 4 is 5.91 Å². The lowest BCUT2D eigenvalue weighted by atomic mass is 10.1. The lowest BCUT2D eigenvalue weighted by Crippen LogP contribution is -2.43. The zero-order valence-electron chi connectivity index (χ0n) is 12.6. The zero-order valence-corrected chi connectivity index (χ0v) is 12.6. The summed E-state index contributed by atoms with van der Waals surface area (Å²) in [5, 5.41) is 11.3. The molecule has 1 amide bonds. The van der Waals surface area contributed by atoms with Crippen LogP contribution < -0.4 is 5.32 Å². The predicted molar refractivity (Wildman–Crippen MR) is 79.4 cm³/mol. The Morgan fingerprint density at radius 2 is 2.13 bits per heavy atom. The number of amides is 1. The third-order valence-corrected chi connectivity index (χ3v) is 4.19. The smallest absolute Gasteiger partial charge is 0.217 e. The second kappa shape index (κ2) is 5.71. The molecule has 2 fully saturated rings. The Kier molecular flexibility index (Phi) is 3.55. The zero-order chi connectivity index (χ0) is 15.8. The van der Waals surface area contributed by atoms with Gasteiger partial charge in [0.25, 0.3) is 0 Å². The van der Waals surface area contributed by atoms with Gasteiger partial charge in [-0.05, 0) is 12.1 Å². The number of carbonyl (C=O) groups excluding carboxylic acids is 1. The third kappa shape index (κ3) is 2.60. The summed E-state index contributed by atoms with van der Waals surface area (Å²) in [4.78, 5) is 15.5. The van der Waals surface area contributed by atoms with Crippen molar-refractivity contribution < 1.29 is 14.3 Å². The Morgan fingerprint density at radius 1 is 1.26 bits per heavy atom. The van der Waals surface area contributed by atoms with Crippen molar-refractivity contribution in [3.8, 4) is 11.4 Å². The first-order valence-corrected chi connectivity index (χ1v) is 7.56. The van der Waals surface area contributed by atoms with Gasteiger partial charge in [0.05, 0.1) is 31.1 Å². The van der Waals surface area contributed by atoms with Gasteiger partial charge in [0.2, 0.25) is 5.91 Å². The minimum absolute atomic E-state index is 0.0521. The molecular formula is C15H17N5O3. The molecule has 8 nitrogen and oxygen atoms in total. The Morgan fingerprint density at radius 3 is 2.91 bits per heavy atom. The molecule has 120 valence electrons. The van der Waals surface area contributed by atoms with Crippen LogP contribution in [0.25, 0.3) is 11.4 Å². The van der Waals surface area contributed by atoms with Crippen LogP contribution in [0.3, 0.4) is 0 Å². The molecule has 0 aliphatic carbocycles. The van der Waals surface area contributed by atoms with Crippen molar-refractivity contribution in [2.45, 2.75) is 31.2 Å². The summed E-state index contributed by atoms with van der Waals surface area (Å²) in [6.07, 6.45) is 3.30. The molecule has 2 aliphatic rings. The highest BCUT2D eigenvalue weighted by Crippen LogP contribution is 2.34. The minimum atomic E-state index is -0.147. The van der Waals surface area contributed by atoms with Gasteiger partial charge in [0.15, 0.2) is 0 Å². The lowest BCUT2D eigenvalue weighted by molar-refractivity contribution is -0.120. The molecule has 4 atom stereocenters. The van der Waals surface area contributed by atoms with Gasteiger partial charge in [-0.1, -0.05) is 11.3 Å². The molecule has 2 saturated heterocycles. The number of pyridine rings is 1. The summed E-state index contributed by atoms with van der Waals surface area (Å²) >= 11 is 0. The maximum absolute atomic E-state index is 11.2. The average molecular weight is 315 g/mol. The maximum atomic E-state index is 11.2. The fraction of sp³-hybridized carbons (Fsp3) is 0.467. The van der Waals surface area contributed by atoms with E-state index in [1.807, 2.05) is 24.4 Å². The number of nitrogens with one attached hydrogen (secondary N) is 1. The Hall–Kier alpha value is -2.32. The monoisotopic (exact) mass is 315 g/mol. The number of hydrogen-bond donors (Lipinski definition) is 1. The van der Waals surface area contributed by atoms with Crippen LogP contribution in [0.5, 0.6) is 0 Å². The van der Waals surface area contributed by atoms with Gasteiger partial charge < -0.3 is 14.8 Å². The maximum Gasteiger partial charge on any atom is 0.217 e. The highest BCUT2D eigenvalue weighted by atomic mass is 16.6. The topological polar surface area (TPSA) is 91.2 Å².